The van der Waals surface area contributed by atoms with Crippen LogP contribution in [0.1, 0.15) is 38.5 Å². The molecule has 0 spiro atoms. The number of nitrogens with zero attached hydrogens (tertiary/aromatic N) is 2. The van der Waals surface area contributed by atoms with E-state index in [1.807, 2.05) is 11.2 Å². The molecule has 1 saturated heterocycles. The highest BCUT2D eigenvalue weighted by Gasteiger charge is 2.28. The summed E-state index contributed by atoms with van der Waals surface area (Å²) in [7, 11) is 0. The number of piperazine rings is 1. The summed E-state index contributed by atoms with van der Waals surface area (Å²) in [6.45, 7) is 2.37. The number of carbonyl (C=O) groups is 2. The van der Waals surface area contributed by atoms with Crippen molar-refractivity contribution in [2.24, 2.45) is 5.73 Å². The number of thioether (sulfide) groups is 1. The Kier molecular flexibility index (Phi) is 7.49. The number of carbonyl (C=O) groups excluding carboxylic acids is 2. The van der Waals surface area contributed by atoms with Crippen molar-refractivity contribution < 1.29 is 9.59 Å². The van der Waals surface area contributed by atoms with Gasteiger partial charge in [0.05, 0.1) is 6.04 Å². The Morgan fingerprint density at radius 2 is 1.74 bits per heavy atom. The molecule has 2 fully saturated rings. The Bertz CT molecular complexity index is 394. The molecule has 132 valence electrons. The summed E-state index contributed by atoms with van der Waals surface area (Å²) >= 11 is 1.70. The fourth-order valence-electron chi connectivity index (χ4n) is 3.25. The highest BCUT2D eigenvalue weighted by Crippen LogP contribution is 2.17. The summed E-state index contributed by atoms with van der Waals surface area (Å²) in [5.41, 5.74) is 5.95. The van der Waals surface area contributed by atoms with Gasteiger partial charge >= 0.3 is 6.03 Å². The van der Waals surface area contributed by atoms with Gasteiger partial charge in [0, 0.05) is 32.2 Å². The van der Waals surface area contributed by atoms with E-state index in [0.29, 0.717) is 38.6 Å². The number of hydrogen-bond acceptors (Lipinski definition) is 4. The first-order valence-corrected chi connectivity index (χ1v) is 10.1. The van der Waals surface area contributed by atoms with Gasteiger partial charge in [0.25, 0.3) is 0 Å². The summed E-state index contributed by atoms with van der Waals surface area (Å²) in [6, 6.07) is -0.0587. The third-order valence-corrected chi connectivity index (χ3v) is 5.41. The van der Waals surface area contributed by atoms with Crippen molar-refractivity contribution in [1.29, 1.82) is 0 Å². The van der Waals surface area contributed by atoms with Gasteiger partial charge in [0.1, 0.15) is 0 Å². The average Bonchev–Trinajstić information content (AvgIpc) is 2.60. The Morgan fingerprint density at radius 1 is 1.13 bits per heavy atom. The van der Waals surface area contributed by atoms with Crippen LogP contribution in [0.3, 0.4) is 0 Å². The van der Waals surface area contributed by atoms with E-state index < -0.39 is 6.04 Å². The van der Waals surface area contributed by atoms with Crippen molar-refractivity contribution in [2.75, 3.05) is 38.2 Å². The van der Waals surface area contributed by atoms with Crippen LogP contribution < -0.4 is 11.1 Å². The van der Waals surface area contributed by atoms with Crippen molar-refractivity contribution in [3.63, 3.8) is 0 Å². The van der Waals surface area contributed by atoms with E-state index >= 15 is 0 Å². The topological polar surface area (TPSA) is 78.7 Å². The highest BCUT2D eigenvalue weighted by molar-refractivity contribution is 7.98. The zero-order valence-electron chi connectivity index (χ0n) is 14.1. The number of nitrogens with two attached hydrogens (primary N) is 1. The van der Waals surface area contributed by atoms with E-state index in [1.54, 1.807) is 16.7 Å². The van der Waals surface area contributed by atoms with Gasteiger partial charge in [-0.25, -0.2) is 4.79 Å². The Hall–Kier alpha value is -0.950. The van der Waals surface area contributed by atoms with E-state index in [0.717, 1.165) is 18.6 Å². The van der Waals surface area contributed by atoms with Crippen molar-refractivity contribution in [3.8, 4) is 0 Å². The zero-order chi connectivity index (χ0) is 16.7. The third kappa shape index (κ3) is 5.57. The van der Waals surface area contributed by atoms with Crippen LogP contribution in [-0.4, -0.2) is 72.0 Å². The molecule has 3 N–H and O–H groups in total. The summed E-state index contributed by atoms with van der Waals surface area (Å²) in [5, 5.41) is 3.14. The van der Waals surface area contributed by atoms with Crippen molar-refractivity contribution >= 4 is 23.7 Å². The van der Waals surface area contributed by atoms with Gasteiger partial charge in [-0.05, 0) is 31.3 Å². The first-order valence-electron chi connectivity index (χ1n) is 8.70. The average molecular weight is 343 g/mol. The number of urea groups is 1. The maximum Gasteiger partial charge on any atom is 0.317 e. The second-order valence-electron chi connectivity index (χ2n) is 6.48. The summed E-state index contributed by atoms with van der Waals surface area (Å²) < 4.78 is 0. The van der Waals surface area contributed by atoms with Crippen molar-refractivity contribution in [1.82, 2.24) is 15.1 Å². The van der Waals surface area contributed by atoms with Gasteiger partial charge in [0.15, 0.2) is 0 Å². The molecule has 1 heterocycles. The largest absolute Gasteiger partial charge is 0.338 e. The van der Waals surface area contributed by atoms with Gasteiger partial charge in [-0.2, -0.15) is 11.8 Å². The van der Waals surface area contributed by atoms with Gasteiger partial charge < -0.3 is 20.9 Å². The lowest BCUT2D eigenvalue weighted by molar-refractivity contribution is -0.134. The molecule has 1 atom stereocenters. The van der Waals surface area contributed by atoms with Gasteiger partial charge in [-0.1, -0.05) is 19.3 Å². The van der Waals surface area contributed by atoms with E-state index in [-0.39, 0.29) is 11.9 Å². The minimum absolute atomic E-state index is 0.0198. The molecule has 0 aromatic carbocycles. The van der Waals surface area contributed by atoms with Crippen LogP contribution in [0.15, 0.2) is 0 Å². The maximum absolute atomic E-state index is 12.3. The van der Waals surface area contributed by atoms with Gasteiger partial charge in [0.2, 0.25) is 5.91 Å². The lowest BCUT2D eigenvalue weighted by Gasteiger charge is -2.37. The van der Waals surface area contributed by atoms with Crippen LogP contribution in [0, 0.1) is 0 Å². The van der Waals surface area contributed by atoms with Crippen LogP contribution in [0.4, 0.5) is 4.79 Å². The number of amides is 3. The minimum atomic E-state index is -0.412. The molecule has 1 saturated carbocycles. The third-order valence-electron chi connectivity index (χ3n) is 4.76. The standard InChI is InChI=1S/C16H30N4O2S/c1-23-12-7-14(17)15(21)19-8-10-20(11-9-19)16(22)18-13-5-3-2-4-6-13/h13-14H,2-12,17H2,1H3,(H,18,22)/t14-/m0/s1. The Balaban J connectivity index is 1.72. The highest BCUT2D eigenvalue weighted by atomic mass is 32.2. The molecule has 0 aromatic heterocycles. The van der Waals surface area contributed by atoms with Crippen LogP contribution >= 0.6 is 11.8 Å². The summed E-state index contributed by atoms with van der Waals surface area (Å²) in [4.78, 5) is 28.2. The van der Waals surface area contributed by atoms with Crippen LogP contribution in [0.2, 0.25) is 0 Å². The lowest BCUT2D eigenvalue weighted by Crippen LogP contribution is -2.57. The molecular formula is C16H30N4O2S. The first-order chi connectivity index (χ1) is 11.1. The molecule has 7 heteroatoms. The van der Waals surface area contributed by atoms with E-state index in [2.05, 4.69) is 5.32 Å². The minimum Gasteiger partial charge on any atom is -0.338 e. The fraction of sp³-hybridized carbons (Fsp3) is 0.875. The summed E-state index contributed by atoms with van der Waals surface area (Å²) in [6.07, 6.45) is 8.61. The molecule has 1 aliphatic heterocycles. The van der Waals surface area contributed by atoms with Crippen LogP contribution in [0.5, 0.6) is 0 Å². The van der Waals surface area contributed by atoms with Crippen LogP contribution in [-0.2, 0) is 4.79 Å². The fourth-order valence-corrected chi connectivity index (χ4v) is 3.74. The molecule has 0 aromatic rings. The molecular weight excluding hydrogens is 312 g/mol. The smallest absolute Gasteiger partial charge is 0.317 e. The molecule has 23 heavy (non-hydrogen) atoms. The SMILES string of the molecule is CSCC[C@H](N)C(=O)N1CCN(C(=O)NC2CCCCC2)CC1. The molecule has 2 rings (SSSR count). The predicted octanol–water partition coefficient (Wildman–Crippen LogP) is 1.25. The zero-order valence-corrected chi connectivity index (χ0v) is 14.9. The Labute approximate surface area is 143 Å². The van der Waals surface area contributed by atoms with E-state index in [1.165, 1.54) is 19.3 Å². The number of hydrogen-bond donors (Lipinski definition) is 2. The maximum atomic E-state index is 12.3. The van der Waals surface area contributed by atoms with E-state index in [4.69, 9.17) is 5.73 Å². The molecule has 1 aliphatic carbocycles. The second kappa shape index (κ2) is 9.37. The van der Waals surface area contributed by atoms with Gasteiger partial charge in [-0.3, -0.25) is 4.79 Å². The van der Waals surface area contributed by atoms with Crippen molar-refractivity contribution in [3.05, 3.63) is 0 Å². The van der Waals surface area contributed by atoms with Gasteiger partial charge in [-0.15, -0.1) is 0 Å². The molecule has 0 bridgehead atoms. The molecule has 6 nitrogen and oxygen atoms in total. The Morgan fingerprint density at radius 3 is 2.35 bits per heavy atom. The normalized spacial score (nSPS) is 21.1. The number of rotatable bonds is 5. The molecule has 0 unspecified atom stereocenters. The molecule has 3 amide bonds. The van der Waals surface area contributed by atoms with Crippen LogP contribution in [0.25, 0.3) is 0 Å². The molecule has 0 radical (unpaired) electrons. The van der Waals surface area contributed by atoms with E-state index in [9.17, 15) is 9.59 Å². The summed E-state index contributed by atoms with van der Waals surface area (Å²) in [5.74, 6) is 0.919. The number of nitrogens with one attached hydrogen (secondary N) is 1. The van der Waals surface area contributed by atoms with Crippen molar-refractivity contribution in [2.45, 2.75) is 50.6 Å². The first kappa shape index (κ1) is 18.4. The molecule has 2 aliphatic rings. The quantitative estimate of drug-likeness (QED) is 0.788. The second-order valence-corrected chi connectivity index (χ2v) is 7.47. The predicted molar refractivity (Wildman–Crippen MR) is 94.5 cm³/mol. The lowest BCUT2D eigenvalue weighted by atomic mass is 9.96. The monoisotopic (exact) mass is 342 g/mol.